The van der Waals surface area contributed by atoms with Crippen LogP contribution in [0.1, 0.15) is 11.8 Å². The molecule has 0 spiro atoms. The predicted octanol–water partition coefficient (Wildman–Crippen LogP) is 2.56. The van der Waals surface area contributed by atoms with E-state index in [1.807, 2.05) is 19.1 Å². The number of hydrogen-bond acceptors (Lipinski definition) is 2. The second kappa shape index (κ2) is 5.22. The van der Waals surface area contributed by atoms with E-state index in [0.717, 1.165) is 9.21 Å². The molecule has 0 aliphatic heterocycles. The van der Waals surface area contributed by atoms with Crippen molar-refractivity contribution >= 4 is 29.0 Å². The molecule has 0 radical (unpaired) electrons. The largest absolute Gasteiger partial charge is 0.333 e. The van der Waals surface area contributed by atoms with Gasteiger partial charge in [0.1, 0.15) is 0 Å². The molecule has 2 amide bonds. The van der Waals surface area contributed by atoms with E-state index in [1.54, 1.807) is 11.9 Å². The number of nitrogens with one attached hydrogen (secondary N) is 1. The average molecular weight is 233 g/mol. The zero-order chi connectivity index (χ0) is 10.6. The summed E-state index contributed by atoms with van der Waals surface area (Å²) < 4.78 is 0.748. The number of carbonyl (C=O) groups excluding carboxylic acids is 1. The molecule has 0 aliphatic carbocycles. The second-order valence-electron chi connectivity index (χ2n) is 2.88. The third kappa shape index (κ3) is 3.20. The standard InChI is InChI=1S/C9H13ClN2OS/c1-3-12(2)9(13)11-6-7-4-5-8(10)14-7/h4-5H,3,6H2,1-2H3,(H,11,13). The third-order valence-corrected chi connectivity index (χ3v) is 3.09. The molecule has 0 unspecified atom stereocenters. The van der Waals surface area contributed by atoms with Crippen LogP contribution in [0.3, 0.4) is 0 Å². The van der Waals surface area contributed by atoms with Crippen molar-refractivity contribution in [2.75, 3.05) is 13.6 Å². The van der Waals surface area contributed by atoms with Crippen molar-refractivity contribution in [1.29, 1.82) is 0 Å². The van der Waals surface area contributed by atoms with Crippen LogP contribution in [0.4, 0.5) is 4.79 Å². The fourth-order valence-electron chi connectivity index (χ4n) is 0.888. The minimum absolute atomic E-state index is 0.0583. The van der Waals surface area contributed by atoms with E-state index in [-0.39, 0.29) is 6.03 Å². The van der Waals surface area contributed by atoms with Crippen LogP contribution in [-0.2, 0) is 6.54 Å². The van der Waals surface area contributed by atoms with E-state index < -0.39 is 0 Å². The molecule has 1 heterocycles. The van der Waals surface area contributed by atoms with Gasteiger partial charge in [0.25, 0.3) is 0 Å². The van der Waals surface area contributed by atoms with Gasteiger partial charge in [-0.15, -0.1) is 11.3 Å². The van der Waals surface area contributed by atoms with Gasteiger partial charge in [0, 0.05) is 18.5 Å². The summed E-state index contributed by atoms with van der Waals surface area (Å²) in [5.41, 5.74) is 0. The number of nitrogens with zero attached hydrogens (tertiary/aromatic N) is 1. The Morgan fingerprint density at radius 1 is 1.64 bits per heavy atom. The van der Waals surface area contributed by atoms with Gasteiger partial charge in [0.15, 0.2) is 0 Å². The van der Waals surface area contributed by atoms with Crippen molar-refractivity contribution in [2.24, 2.45) is 0 Å². The summed E-state index contributed by atoms with van der Waals surface area (Å²) in [4.78, 5) is 14.0. The maximum Gasteiger partial charge on any atom is 0.317 e. The predicted molar refractivity (Wildman–Crippen MR) is 59.9 cm³/mol. The van der Waals surface area contributed by atoms with Crippen LogP contribution in [0.15, 0.2) is 12.1 Å². The minimum Gasteiger partial charge on any atom is -0.333 e. The number of halogens is 1. The van der Waals surface area contributed by atoms with Crippen LogP contribution in [0, 0.1) is 0 Å². The van der Waals surface area contributed by atoms with E-state index in [0.29, 0.717) is 13.1 Å². The maximum atomic E-state index is 11.3. The van der Waals surface area contributed by atoms with Gasteiger partial charge in [-0.1, -0.05) is 11.6 Å². The van der Waals surface area contributed by atoms with Crippen molar-refractivity contribution in [1.82, 2.24) is 10.2 Å². The Bertz CT molecular complexity index is 314. The summed E-state index contributed by atoms with van der Waals surface area (Å²) in [7, 11) is 1.76. The summed E-state index contributed by atoms with van der Waals surface area (Å²) in [6.45, 7) is 3.18. The van der Waals surface area contributed by atoms with Crippen molar-refractivity contribution in [3.8, 4) is 0 Å². The van der Waals surface area contributed by atoms with Crippen LogP contribution < -0.4 is 5.32 Å². The lowest BCUT2D eigenvalue weighted by Crippen LogP contribution is -2.36. The summed E-state index contributed by atoms with van der Waals surface area (Å²) in [5.74, 6) is 0. The zero-order valence-corrected chi connectivity index (χ0v) is 9.78. The highest BCUT2D eigenvalue weighted by atomic mass is 35.5. The Kier molecular flexibility index (Phi) is 4.22. The smallest absolute Gasteiger partial charge is 0.317 e. The monoisotopic (exact) mass is 232 g/mol. The SMILES string of the molecule is CCN(C)C(=O)NCc1ccc(Cl)s1. The number of thiophene rings is 1. The van der Waals surface area contributed by atoms with Gasteiger partial charge in [-0.25, -0.2) is 4.79 Å². The van der Waals surface area contributed by atoms with Crippen LogP contribution in [0.5, 0.6) is 0 Å². The Labute approximate surface area is 92.7 Å². The highest BCUT2D eigenvalue weighted by Gasteiger charge is 2.05. The molecule has 1 aromatic heterocycles. The first kappa shape index (κ1) is 11.3. The molecule has 1 N–H and O–H groups in total. The molecule has 3 nitrogen and oxygen atoms in total. The van der Waals surface area contributed by atoms with E-state index >= 15 is 0 Å². The van der Waals surface area contributed by atoms with Gasteiger partial charge in [0.2, 0.25) is 0 Å². The highest BCUT2D eigenvalue weighted by molar-refractivity contribution is 7.16. The van der Waals surface area contributed by atoms with Crippen LogP contribution >= 0.6 is 22.9 Å². The number of hydrogen-bond donors (Lipinski definition) is 1. The van der Waals surface area contributed by atoms with Gasteiger partial charge in [-0.2, -0.15) is 0 Å². The van der Waals surface area contributed by atoms with Crippen LogP contribution in [0.2, 0.25) is 4.34 Å². The second-order valence-corrected chi connectivity index (χ2v) is 4.68. The lowest BCUT2D eigenvalue weighted by Gasteiger charge is -2.14. The van der Waals surface area contributed by atoms with Crippen molar-refractivity contribution in [3.63, 3.8) is 0 Å². The molecule has 1 aromatic rings. The first-order valence-electron chi connectivity index (χ1n) is 4.36. The van der Waals surface area contributed by atoms with Crippen LogP contribution in [-0.4, -0.2) is 24.5 Å². The molecular weight excluding hydrogens is 220 g/mol. The molecule has 0 saturated carbocycles. The molecule has 0 aliphatic rings. The molecule has 0 atom stereocenters. The molecule has 1 rings (SSSR count). The average Bonchev–Trinajstić information content (AvgIpc) is 2.59. The molecular formula is C9H13ClN2OS. The summed E-state index contributed by atoms with van der Waals surface area (Å²) >= 11 is 7.24. The van der Waals surface area contributed by atoms with Crippen molar-refractivity contribution in [2.45, 2.75) is 13.5 Å². The van der Waals surface area contributed by atoms with Gasteiger partial charge in [0.05, 0.1) is 10.9 Å². The molecule has 0 aromatic carbocycles. The Hall–Kier alpha value is -0.740. The Balaban J connectivity index is 2.37. The van der Waals surface area contributed by atoms with E-state index in [2.05, 4.69) is 5.32 Å². The Morgan fingerprint density at radius 3 is 2.86 bits per heavy atom. The van der Waals surface area contributed by atoms with Crippen molar-refractivity contribution < 1.29 is 4.79 Å². The molecule has 0 saturated heterocycles. The first-order chi connectivity index (χ1) is 6.63. The summed E-state index contributed by atoms with van der Waals surface area (Å²) in [6, 6.07) is 3.69. The fourth-order valence-corrected chi connectivity index (χ4v) is 1.92. The van der Waals surface area contributed by atoms with Gasteiger partial charge in [-0.05, 0) is 19.1 Å². The molecule has 14 heavy (non-hydrogen) atoms. The van der Waals surface area contributed by atoms with E-state index in [9.17, 15) is 4.79 Å². The first-order valence-corrected chi connectivity index (χ1v) is 5.56. The normalized spacial score (nSPS) is 9.93. The Morgan fingerprint density at radius 2 is 2.36 bits per heavy atom. The van der Waals surface area contributed by atoms with Crippen LogP contribution in [0.25, 0.3) is 0 Å². The number of urea groups is 1. The van der Waals surface area contributed by atoms with Crippen molar-refractivity contribution in [3.05, 3.63) is 21.3 Å². The fraction of sp³-hybridized carbons (Fsp3) is 0.444. The quantitative estimate of drug-likeness (QED) is 0.854. The highest BCUT2D eigenvalue weighted by Crippen LogP contribution is 2.20. The van der Waals surface area contributed by atoms with E-state index in [4.69, 9.17) is 11.6 Å². The zero-order valence-electron chi connectivity index (χ0n) is 8.21. The van der Waals surface area contributed by atoms with Gasteiger partial charge in [-0.3, -0.25) is 0 Å². The van der Waals surface area contributed by atoms with Gasteiger partial charge >= 0.3 is 6.03 Å². The summed E-state index contributed by atoms with van der Waals surface area (Å²) in [5, 5.41) is 2.80. The minimum atomic E-state index is -0.0583. The molecule has 0 bridgehead atoms. The lowest BCUT2D eigenvalue weighted by atomic mass is 10.4. The van der Waals surface area contributed by atoms with Gasteiger partial charge < -0.3 is 10.2 Å². The molecule has 0 fully saturated rings. The number of amides is 2. The van der Waals surface area contributed by atoms with E-state index in [1.165, 1.54) is 11.3 Å². The number of rotatable bonds is 3. The maximum absolute atomic E-state index is 11.3. The topological polar surface area (TPSA) is 32.3 Å². The summed E-state index contributed by atoms with van der Waals surface area (Å²) in [6.07, 6.45) is 0. The molecule has 5 heteroatoms. The third-order valence-electron chi connectivity index (χ3n) is 1.86. The molecule has 78 valence electrons. The number of carbonyl (C=O) groups is 1. The lowest BCUT2D eigenvalue weighted by molar-refractivity contribution is 0.210.